The van der Waals surface area contributed by atoms with Gasteiger partial charge in [-0.1, -0.05) is 0 Å². The largest absolute Gasteiger partial charge is 0.389 e. The van der Waals surface area contributed by atoms with Crippen molar-refractivity contribution in [2.24, 2.45) is 0 Å². The number of alkyl halides is 3. The molecule has 0 spiro atoms. The summed E-state index contributed by atoms with van der Waals surface area (Å²) in [7, 11) is 0. The first-order valence-electron chi connectivity index (χ1n) is 7.68. The van der Waals surface area contributed by atoms with Gasteiger partial charge in [0.25, 0.3) is 0 Å². The molecule has 1 aliphatic heterocycles. The van der Waals surface area contributed by atoms with Crippen LogP contribution in [0.5, 0.6) is 0 Å². The molecule has 2 rings (SSSR count). The van der Waals surface area contributed by atoms with Crippen LogP contribution in [-0.2, 0) is 4.74 Å². The minimum Gasteiger partial charge on any atom is -0.378 e. The molecule has 1 heterocycles. The van der Waals surface area contributed by atoms with E-state index in [0.717, 1.165) is 51.9 Å². The van der Waals surface area contributed by atoms with Gasteiger partial charge >= 0.3 is 6.18 Å². The first-order valence-corrected chi connectivity index (χ1v) is 7.68. The molecule has 0 atom stereocenters. The van der Waals surface area contributed by atoms with E-state index in [-0.39, 0.29) is 19.1 Å². The number of hydrogen-bond donors (Lipinski definition) is 1. The molecule has 20 heavy (non-hydrogen) atoms. The van der Waals surface area contributed by atoms with Crippen LogP contribution < -0.4 is 5.32 Å². The Morgan fingerprint density at radius 2 is 1.70 bits per heavy atom. The van der Waals surface area contributed by atoms with Crippen molar-refractivity contribution >= 4 is 0 Å². The summed E-state index contributed by atoms with van der Waals surface area (Å²) in [5, 5.41) is 3.35. The average molecular weight is 294 g/mol. The minimum absolute atomic E-state index is 0.0845. The molecule has 1 saturated heterocycles. The van der Waals surface area contributed by atoms with Crippen LogP contribution in [0.4, 0.5) is 13.2 Å². The summed E-state index contributed by atoms with van der Waals surface area (Å²) in [5.74, 6) is 0. The molecule has 0 amide bonds. The van der Waals surface area contributed by atoms with E-state index in [0.29, 0.717) is 6.04 Å². The highest BCUT2D eigenvalue weighted by Crippen LogP contribution is 2.26. The second-order valence-electron chi connectivity index (χ2n) is 5.81. The van der Waals surface area contributed by atoms with Crippen LogP contribution in [0.2, 0.25) is 0 Å². The Bertz CT molecular complexity index is 272. The van der Waals surface area contributed by atoms with E-state index in [9.17, 15) is 13.2 Å². The summed E-state index contributed by atoms with van der Waals surface area (Å²) < 4.78 is 41.6. The first-order chi connectivity index (χ1) is 9.54. The minimum atomic E-state index is -4.05. The van der Waals surface area contributed by atoms with Crippen molar-refractivity contribution < 1.29 is 17.9 Å². The SMILES string of the molecule is FC(F)(F)CCCOC1CCC(N2CCNCC2)CC1. The Morgan fingerprint density at radius 3 is 2.30 bits per heavy atom. The molecule has 0 aromatic heterocycles. The van der Waals surface area contributed by atoms with Gasteiger partial charge in [0, 0.05) is 45.2 Å². The second-order valence-corrected chi connectivity index (χ2v) is 5.81. The van der Waals surface area contributed by atoms with Crippen LogP contribution >= 0.6 is 0 Å². The molecule has 0 bridgehead atoms. The lowest BCUT2D eigenvalue weighted by atomic mass is 9.91. The summed E-state index contributed by atoms with van der Waals surface area (Å²) in [6, 6.07) is 0.645. The standard InChI is InChI=1S/C14H25F3N2O/c15-14(16,17)6-1-11-20-13-4-2-12(3-5-13)19-9-7-18-8-10-19/h12-13,18H,1-11H2. The number of hydrogen-bond acceptors (Lipinski definition) is 3. The number of halogens is 3. The molecule has 3 nitrogen and oxygen atoms in total. The lowest BCUT2D eigenvalue weighted by Crippen LogP contribution is -2.49. The zero-order chi connectivity index (χ0) is 14.4. The normalized spacial score (nSPS) is 29.6. The smallest absolute Gasteiger partial charge is 0.378 e. The first kappa shape index (κ1) is 16.0. The van der Waals surface area contributed by atoms with Gasteiger partial charge in [-0.2, -0.15) is 13.2 Å². The lowest BCUT2D eigenvalue weighted by molar-refractivity contribution is -0.139. The van der Waals surface area contributed by atoms with Gasteiger partial charge in [-0.3, -0.25) is 4.90 Å². The Kier molecular flexibility index (Phi) is 6.11. The van der Waals surface area contributed by atoms with Crippen LogP contribution in [0.15, 0.2) is 0 Å². The van der Waals surface area contributed by atoms with Gasteiger partial charge in [0.1, 0.15) is 0 Å². The van der Waals surface area contributed by atoms with Crippen LogP contribution in [-0.4, -0.2) is 56.0 Å². The summed E-state index contributed by atoms with van der Waals surface area (Å²) in [5.41, 5.74) is 0. The van der Waals surface area contributed by atoms with Crippen molar-refractivity contribution in [1.82, 2.24) is 10.2 Å². The third-order valence-corrected chi connectivity index (χ3v) is 4.27. The van der Waals surface area contributed by atoms with E-state index in [1.165, 1.54) is 0 Å². The molecule has 0 aromatic rings. The van der Waals surface area contributed by atoms with Crippen molar-refractivity contribution in [2.45, 2.75) is 56.8 Å². The number of piperazine rings is 1. The van der Waals surface area contributed by atoms with E-state index in [4.69, 9.17) is 4.74 Å². The van der Waals surface area contributed by atoms with E-state index in [1.807, 2.05) is 0 Å². The Balaban J connectivity index is 1.57. The van der Waals surface area contributed by atoms with Crippen LogP contribution in [0.3, 0.4) is 0 Å². The highest BCUT2D eigenvalue weighted by Gasteiger charge is 2.28. The Morgan fingerprint density at radius 1 is 1.05 bits per heavy atom. The third kappa shape index (κ3) is 5.58. The Hall–Kier alpha value is -0.330. The maximum atomic E-state index is 12.0. The number of nitrogens with one attached hydrogen (secondary N) is 1. The molecule has 2 fully saturated rings. The van der Waals surface area contributed by atoms with Gasteiger partial charge < -0.3 is 10.1 Å². The van der Waals surface area contributed by atoms with Gasteiger partial charge in [-0.15, -0.1) is 0 Å². The van der Waals surface area contributed by atoms with Gasteiger partial charge in [0.05, 0.1) is 6.10 Å². The molecule has 1 aliphatic carbocycles. The quantitative estimate of drug-likeness (QED) is 0.789. The lowest BCUT2D eigenvalue weighted by Gasteiger charge is -2.39. The molecule has 1 N–H and O–H groups in total. The molecule has 0 radical (unpaired) electrons. The zero-order valence-corrected chi connectivity index (χ0v) is 11.9. The molecule has 6 heteroatoms. The molecule has 1 saturated carbocycles. The third-order valence-electron chi connectivity index (χ3n) is 4.27. The van der Waals surface area contributed by atoms with Crippen LogP contribution in [0.1, 0.15) is 38.5 Å². The predicted molar refractivity (Wildman–Crippen MR) is 71.7 cm³/mol. The maximum absolute atomic E-state index is 12.0. The molecule has 2 aliphatic rings. The number of nitrogens with zero attached hydrogens (tertiary/aromatic N) is 1. The van der Waals surface area contributed by atoms with Crippen molar-refractivity contribution in [1.29, 1.82) is 0 Å². The Labute approximate surface area is 118 Å². The summed E-state index contributed by atoms with van der Waals surface area (Å²) in [6.07, 6.45) is -0.328. The monoisotopic (exact) mass is 294 g/mol. The highest BCUT2D eigenvalue weighted by atomic mass is 19.4. The highest BCUT2D eigenvalue weighted by molar-refractivity contribution is 4.82. The molecule has 0 unspecified atom stereocenters. The van der Waals surface area contributed by atoms with E-state index in [1.54, 1.807) is 0 Å². The molecular formula is C14H25F3N2O. The number of rotatable bonds is 5. The number of ether oxygens (including phenoxy) is 1. The predicted octanol–water partition coefficient (Wildman–Crippen LogP) is 2.56. The summed E-state index contributed by atoms with van der Waals surface area (Å²) in [4.78, 5) is 2.54. The molecule has 118 valence electrons. The molecular weight excluding hydrogens is 269 g/mol. The fourth-order valence-electron chi connectivity index (χ4n) is 3.15. The van der Waals surface area contributed by atoms with Gasteiger partial charge in [0.2, 0.25) is 0 Å². The average Bonchev–Trinajstić information content (AvgIpc) is 2.44. The van der Waals surface area contributed by atoms with E-state index in [2.05, 4.69) is 10.2 Å². The van der Waals surface area contributed by atoms with E-state index < -0.39 is 12.6 Å². The zero-order valence-electron chi connectivity index (χ0n) is 11.9. The fourth-order valence-corrected chi connectivity index (χ4v) is 3.15. The topological polar surface area (TPSA) is 24.5 Å². The van der Waals surface area contributed by atoms with E-state index >= 15 is 0 Å². The van der Waals surface area contributed by atoms with Crippen molar-refractivity contribution in [3.05, 3.63) is 0 Å². The second kappa shape index (κ2) is 7.61. The van der Waals surface area contributed by atoms with Crippen molar-refractivity contribution in [3.8, 4) is 0 Å². The summed E-state index contributed by atoms with van der Waals surface area (Å²) in [6.45, 7) is 4.59. The van der Waals surface area contributed by atoms with Gasteiger partial charge in [-0.05, 0) is 32.1 Å². The fraction of sp³-hybridized carbons (Fsp3) is 1.00. The van der Waals surface area contributed by atoms with Gasteiger partial charge in [-0.25, -0.2) is 0 Å². The van der Waals surface area contributed by atoms with Crippen molar-refractivity contribution in [2.75, 3.05) is 32.8 Å². The molecule has 0 aromatic carbocycles. The maximum Gasteiger partial charge on any atom is 0.389 e. The van der Waals surface area contributed by atoms with Crippen LogP contribution in [0.25, 0.3) is 0 Å². The van der Waals surface area contributed by atoms with Gasteiger partial charge in [0.15, 0.2) is 0 Å². The van der Waals surface area contributed by atoms with Crippen molar-refractivity contribution in [3.63, 3.8) is 0 Å². The van der Waals surface area contributed by atoms with Crippen LogP contribution in [0, 0.1) is 0 Å². The summed E-state index contributed by atoms with van der Waals surface area (Å²) >= 11 is 0.